The van der Waals surface area contributed by atoms with Gasteiger partial charge in [0.25, 0.3) is 0 Å². The Bertz CT molecular complexity index is 583. The van der Waals surface area contributed by atoms with Gasteiger partial charge in [-0.05, 0) is 49.6 Å². The van der Waals surface area contributed by atoms with Gasteiger partial charge in [0, 0.05) is 12.6 Å². The summed E-state index contributed by atoms with van der Waals surface area (Å²) in [6.45, 7) is 7.01. The molecule has 2 atom stereocenters. The highest BCUT2D eigenvalue weighted by atomic mass is 16.5. The number of aliphatic hydroxyl groups is 1. The van der Waals surface area contributed by atoms with Crippen LogP contribution in [0.25, 0.3) is 0 Å². The van der Waals surface area contributed by atoms with Crippen LogP contribution in [0, 0.1) is 13.8 Å². The van der Waals surface area contributed by atoms with Gasteiger partial charge < -0.3 is 15.2 Å². The highest BCUT2D eigenvalue weighted by molar-refractivity contribution is 5.33. The minimum atomic E-state index is -0.534. The molecule has 3 nitrogen and oxygen atoms in total. The standard InChI is InChI=1S/C19H25NO2/c1-14-9-10-19(11-15(14)2)22-13-18(21)12-20-16(3)17-7-5-4-6-8-17/h4-11,16,18,20-21H,12-13H2,1-3H3/t16-,18+/m0/s1. The van der Waals surface area contributed by atoms with Crippen molar-refractivity contribution in [2.45, 2.75) is 32.9 Å². The van der Waals surface area contributed by atoms with E-state index in [1.54, 1.807) is 0 Å². The lowest BCUT2D eigenvalue weighted by molar-refractivity contribution is 0.104. The normalized spacial score (nSPS) is 13.6. The molecule has 2 rings (SSSR count). The smallest absolute Gasteiger partial charge is 0.119 e. The van der Waals surface area contributed by atoms with Gasteiger partial charge in [-0.3, -0.25) is 0 Å². The van der Waals surface area contributed by atoms with Gasteiger partial charge in [-0.1, -0.05) is 36.4 Å². The van der Waals surface area contributed by atoms with Crippen LogP contribution in [0.5, 0.6) is 5.75 Å². The number of aliphatic hydroxyl groups excluding tert-OH is 1. The van der Waals surface area contributed by atoms with E-state index >= 15 is 0 Å². The first-order valence-corrected chi connectivity index (χ1v) is 7.72. The average molecular weight is 299 g/mol. The van der Waals surface area contributed by atoms with Crippen molar-refractivity contribution < 1.29 is 9.84 Å². The Morgan fingerprint density at radius 3 is 2.45 bits per heavy atom. The maximum Gasteiger partial charge on any atom is 0.119 e. The van der Waals surface area contributed by atoms with Gasteiger partial charge in [0.05, 0.1) is 0 Å². The van der Waals surface area contributed by atoms with E-state index in [0.29, 0.717) is 6.54 Å². The number of hydrogen-bond donors (Lipinski definition) is 2. The fraction of sp³-hybridized carbons (Fsp3) is 0.368. The van der Waals surface area contributed by atoms with Crippen molar-refractivity contribution >= 4 is 0 Å². The number of rotatable bonds is 7. The molecule has 0 heterocycles. The van der Waals surface area contributed by atoms with Gasteiger partial charge in [-0.25, -0.2) is 0 Å². The van der Waals surface area contributed by atoms with Crippen LogP contribution < -0.4 is 10.1 Å². The molecule has 118 valence electrons. The lowest BCUT2D eigenvalue weighted by Gasteiger charge is -2.18. The molecule has 0 amide bonds. The molecule has 2 aromatic carbocycles. The monoisotopic (exact) mass is 299 g/mol. The number of benzene rings is 2. The summed E-state index contributed by atoms with van der Waals surface area (Å²) in [5, 5.41) is 13.4. The predicted molar refractivity (Wildman–Crippen MR) is 90.3 cm³/mol. The van der Waals surface area contributed by atoms with Crippen LogP contribution in [-0.2, 0) is 0 Å². The van der Waals surface area contributed by atoms with Crippen molar-refractivity contribution in [2.24, 2.45) is 0 Å². The molecular weight excluding hydrogens is 274 g/mol. The van der Waals surface area contributed by atoms with Crippen molar-refractivity contribution in [3.05, 3.63) is 65.2 Å². The second kappa shape index (κ2) is 7.97. The Morgan fingerprint density at radius 1 is 1.05 bits per heavy atom. The summed E-state index contributed by atoms with van der Waals surface area (Å²) >= 11 is 0. The van der Waals surface area contributed by atoms with E-state index in [1.165, 1.54) is 16.7 Å². The van der Waals surface area contributed by atoms with E-state index in [9.17, 15) is 5.11 Å². The molecule has 0 spiro atoms. The fourth-order valence-corrected chi connectivity index (χ4v) is 2.23. The van der Waals surface area contributed by atoms with E-state index < -0.39 is 6.10 Å². The zero-order valence-electron chi connectivity index (χ0n) is 13.5. The van der Waals surface area contributed by atoms with Gasteiger partial charge >= 0.3 is 0 Å². The number of ether oxygens (including phenoxy) is 1. The maximum absolute atomic E-state index is 10.0. The van der Waals surface area contributed by atoms with E-state index in [4.69, 9.17) is 4.74 Å². The second-order valence-corrected chi connectivity index (χ2v) is 5.75. The first-order chi connectivity index (χ1) is 10.6. The van der Waals surface area contributed by atoms with E-state index in [2.05, 4.69) is 38.2 Å². The molecule has 22 heavy (non-hydrogen) atoms. The Kier molecular flexibility index (Phi) is 5.99. The van der Waals surface area contributed by atoms with E-state index in [0.717, 1.165) is 5.75 Å². The van der Waals surface area contributed by atoms with Gasteiger partial charge in [0.15, 0.2) is 0 Å². The zero-order valence-corrected chi connectivity index (χ0v) is 13.5. The molecule has 0 aliphatic carbocycles. The molecule has 0 aliphatic rings. The van der Waals surface area contributed by atoms with Crippen molar-refractivity contribution in [3.63, 3.8) is 0 Å². The molecule has 3 heteroatoms. The molecule has 0 aromatic heterocycles. The fourth-order valence-electron chi connectivity index (χ4n) is 2.23. The summed E-state index contributed by atoms with van der Waals surface area (Å²) in [6, 6.07) is 16.4. The van der Waals surface area contributed by atoms with Crippen LogP contribution in [0.3, 0.4) is 0 Å². The largest absolute Gasteiger partial charge is 0.491 e. The third kappa shape index (κ3) is 4.86. The highest BCUT2D eigenvalue weighted by Crippen LogP contribution is 2.16. The van der Waals surface area contributed by atoms with Crippen molar-refractivity contribution in [1.29, 1.82) is 0 Å². The Balaban J connectivity index is 1.76. The Morgan fingerprint density at radius 2 is 1.77 bits per heavy atom. The van der Waals surface area contributed by atoms with E-state index in [-0.39, 0.29) is 12.6 Å². The molecule has 0 aliphatic heterocycles. The summed E-state index contributed by atoms with van der Waals surface area (Å²) in [4.78, 5) is 0. The SMILES string of the molecule is Cc1ccc(OC[C@H](O)CN[C@@H](C)c2ccccc2)cc1C. The van der Waals surface area contributed by atoms with Crippen molar-refractivity contribution in [3.8, 4) is 5.75 Å². The summed E-state index contributed by atoms with van der Waals surface area (Å²) in [7, 11) is 0. The van der Waals surface area contributed by atoms with Crippen LogP contribution in [0.15, 0.2) is 48.5 Å². The predicted octanol–water partition coefficient (Wildman–Crippen LogP) is 3.39. The van der Waals surface area contributed by atoms with Gasteiger partial charge in [-0.2, -0.15) is 0 Å². The van der Waals surface area contributed by atoms with Crippen LogP contribution >= 0.6 is 0 Å². The number of nitrogens with one attached hydrogen (secondary N) is 1. The molecule has 0 saturated carbocycles. The molecule has 0 radical (unpaired) electrons. The van der Waals surface area contributed by atoms with Gasteiger partial charge in [-0.15, -0.1) is 0 Å². The van der Waals surface area contributed by atoms with Crippen LogP contribution in [-0.4, -0.2) is 24.4 Å². The number of hydrogen-bond acceptors (Lipinski definition) is 3. The average Bonchev–Trinajstić information content (AvgIpc) is 2.54. The molecule has 2 aromatic rings. The van der Waals surface area contributed by atoms with Gasteiger partial charge in [0.2, 0.25) is 0 Å². The zero-order chi connectivity index (χ0) is 15.9. The maximum atomic E-state index is 10.0. The van der Waals surface area contributed by atoms with Gasteiger partial charge in [0.1, 0.15) is 18.5 Å². The van der Waals surface area contributed by atoms with Crippen molar-refractivity contribution in [2.75, 3.05) is 13.2 Å². The number of aryl methyl sites for hydroxylation is 2. The molecule has 0 unspecified atom stereocenters. The topological polar surface area (TPSA) is 41.5 Å². The lowest BCUT2D eigenvalue weighted by Crippen LogP contribution is -2.33. The third-order valence-corrected chi connectivity index (χ3v) is 3.88. The van der Waals surface area contributed by atoms with Crippen LogP contribution in [0.2, 0.25) is 0 Å². The molecule has 0 fully saturated rings. The Hall–Kier alpha value is -1.84. The highest BCUT2D eigenvalue weighted by Gasteiger charge is 2.09. The van der Waals surface area contributed by atoms with Crippen LogP contribution in [0.4, 0.5) is 0 Å². The summed E-state index contributed by atoms with van der Waals surface area (Å²) in [5.74, 6) is 0.804. The summed E-state index contributed by atoms with van der Waals surface area (Å²) in [5.41, 5.74) is 3.65. The minimum Gasteiger partial charge on any atom is -0.491 e. The minimum absolute atomic E-state index is 0.206. The van der Waals surface area contributed by atoms with Crippen molar-refractivity contribution in [1.82, 2.24) is 5.32 Å². The second-order valence-electron chi connectivity index (χ2n) is 5.75. The summed E-state index contributed by atoms with van der Waals surface area (Å²) in [6.07, 6.45) is -0.534. The first-order valence-electron chi connectivity index (χ1n) is 7.72. The summed E-state index contributed by atoms with van der Waals surface area (Å²) < 4.78 is 5.65. The van der Waals surface area contributed by atoms with E-state index in [1.807, 2.05) is 36.4 Å². The molecule has 0 bridgehead atoms. The molecule has 2 N–H and O–H groups in total. The molecular formula is C19H25NO2. The van der Waals surface area contributed by atoms with Crippen LogP contribution in [0.1, 0.15) is 29.7 Å². The third-order valence-electron chi connectivity index (χ3n) is 3.88. The molecule has 0 saturated heterocycles. The quantitative estimate of drug-likeness (QED) is 0.823. The lowest BCUT2D eigenvalue weighted by atomic mass is 10.1. The first kappa shape index (κ1) is 16.5. The Labute approximate surface area is 133 Å².